The minimum Gasteiger partial charge on any atom is -0.244 e. The molecular weight excluding hydrogens is 613 g/mol. The molecule has 1 aliphatic rings. The van der Waals surface area contributed by atoms with Crippen LogP contribution in [0.1, 0.15) is 11.1 Å². The Bertz CT molecular complexity index is 2480. The normalized spacial score (nSPS) is 11.9. The average molecular weight is 643 g/mol. The Morgan fingerprint density at radius 1 is 0.306 bits per heavy atom. The van der Waals surface area contributed by atoms with Gasteiger partial charge in [-0.25, -0.2) is 9.97 Å². The Hall–Kier alpha value is -6.03. The molecule has 0 saturated heterocycles. The Balaban J connectivity index is 0.950. The molecule has 1 aliphatic heterocycles. The Kier molecular flexibility index (Phi) is 7.45. The molecule has 2 heterocycles. The lowest BCUT2D eigenvalue weighted by atomic mass is 9.96. The van der Waals surface area contributed by atoms with E-state index in [0.29, 0.717) is 0 Å². The molecule has 0 amide bonds. The van der Waals surface area contributed by atoms with Crippen molar-refractivity contribution in [3.05, 3.63) is 181 Å². The zero-order valence-electron chi connectivity index (χ0n) is 26.6. The van der Waals surface area contributed by atoms with Gasteiger partial charge in [0.1, 0.15) is 0 Å². The molecule has 9 rings (SSSR count). The minimum atomic E-state index is 0.891. The smallest absolute Gasteiger partial charge is 0.0973 e. The third-order valence-corrected chi connectivity index (χ3v) is 10.3. The number of fused-ring (bicyclic) bond motifs is 3. The summed E-state index contributed by atoms with van der Waals surface area (Å²) in [5.41, 5.74) is 15.4. The predicted molar refractivity (Wildman–Crippen MR) is 206 cm³/mol. The largest absolute Gasteiger partial charge is 0.244 e. The van der Waals surface area contributed by atoms with E-state index in [1.807, 2.05) is 54.2 Å². The second-order valence-electron chi connectivity index (χ2n) is 12.2. The summed E-state index contributed by atoms with van der Waals surface area (Å²) in [5.74, 6) is 0. The van der Waals surface area contributed by atoms with Crippen LogP contribution in [0.3, 0.4) is 0 Å². The SMILES string of the molecule is C1=Cc2cc(-c3ccc(-c4ccc(-c5ccc(-c6nc7ccccc7nc6-c6ccccc6)cc5)cc4)cc3)ccc2Sc2ccccc21. The van der Waals surface area contributed by atoms with E-state index in [1.54, 1.807) is 0 Å². The van der Waals surface area contributed by atoms with Crippen molar-refractivity contribution in [1.29, 1.82) is 0 Å². The van der Waals surface area contributed by atoms with Crippen molar-refractivity contribution in [3.63, 3.8) is 0 Å². The van der Waals surface area contributed by atoms with Gasteiger partial charge in [-0.05, 0) is 74.8 Å². The lowest BCUT2D eigenvalue weighted by Crippen LogP contribution is -1.95. The van der Waals surface area contributed by atoms with E-state index in [0.717, 1.165) is 33.5 Å². The molecule has 49 heavy (non-hydrogen) atoms. The van der Waals surface area contributed by atoms with Crippen molar-refractivity contribution in [2.75, 3.05) is 0 Å². The highest BCUT2D eigenvalue weighted by molar-refractivity contribution is 7.99. The van der Waals surface area contributed by atoms with Gasteiger partial charge in [0, 0.05) is 20.9 Å². The van der Waals surface area contributed by atoms with Crippen LogP contribution in [0.2, 0.25) is 0 Å². The van der Waals surface area contributed by atoms with Crippen LogP contribution in [0.5, 0.6) is 0 Å². The third kappa shape index (κ3) is 5.75. The first-order chi connectivity index (χ1) is 24.2. The number of nitrogens with zero attached hydrogens (tertiary/aromatic N) is 2. The van der Waals surface area contributed by atoms with Gasteiger partial charge in [0.2, 0.25) is 0 Å². The summed E-state index contributed by atoms with van der Waals surface area (Å²) in [7, 11) is 0. The topological polar surface area (TPSA) is 25.8 Å². The lowest BCUT2D eigenvalue weighted by Gasteiger charge is -2.12. The monoisotopic (exact) mass is 642 g/mol. The molecule has 8 aromatic rings. The van der Waals surface area contributed by atoms with Gasteiger partial charge in [-0.2, -0.15) is 0 Å². The number of para-hydroxylation sites is 2. The van der Waals surface area contributed by atoms with E-state index < -0.39 is 0 Å². The van der Waals surface area contributed by atoms with Crippen molar-refractivity contribution >= 4 is 34.9 Å². The fourth-order valence-electron chi connectivity index (χ4n) is 6.49. The maximum absolute atomic E-state index is 5.06. The van der Waals surface area contributed by atoms with Gasteiger partial charge in [0.25, 0.3) is 0 Å². The highest BCUT2D eigenvalue weighted by Crippen LogP contribution is 2.39. The molecule has 0 aliphatic carbocycles. The summed E-state index contributed by atoms with van der Waals surface area (Å²) in [6.45, 7) is 0. The summed E-state index contributed by atoms with van der Waals surface area (Å²) >= 11 is 1.84. The Labute approximate surface area is 290 Å². The zero-order valence-corrected chi connectivity index (χ0v) is 27.4. The molecule has 0 bridgehead atoms. The Morgan fingerprint density at radius 2 is 0.714 bits per heavy atom. The molecule has 0 saturated carbocycles. The fraction of sp³-hybridized carbons (Fsp3) is 0. The van der Waals surface area contributed by atoms with E-state index in [2.05, 4.69) is 140 Å². The van der Waals surface area contributed by atoms with E-state index in [-0.39, 0.29) is 0 Å². The number of rotatable bonds is 5. The maximum atomic E-state index is 5.06. The van der Waals surface area contributed by atoms with Crippen LogP contribution in [-0.2, 0) is 0 Å². The van der Waals surface area contributed by atoms with Crippen LogP contribution in [0.15, 0.2) is 180 Å². The molecular formula is C46H30N2S. The standard InChI is InChI=1S/C46H30N2S/c1-2-9-37(10-3-1)45-46(48-42-12-6-5-11-41(42)47-45)38-25-22-34(23-26-38)32-16-14-31(15-17-32)33-18-20-35(21-19-33)39-28-29-44-40(30-39)27-24-36-8-4-7-13-43(36)49-44/h1-30H. The van der Waals surface area contributed by atoms with Gasteiger partial charge in [0.05, 0.1) is 22.4 Å². The quantitative estimate of drug-likeness (QED) is 0.187. The molecule has 0 fully saturated rings. The van der Waals surface area contributed by atoms with Crippen molar-refractivity contribution in [1.82, 2.24) is 9.97 Å². The molecule has 0 radical (unpaired) electrons. The highest BCUT2D eigenvalue weighted by Gasteiger charge is 2.14. The predicted octanol–water partition coefficient (Wildman–Crippen LogP) is 12.6. The summed E-state index contributed by atoms with van der Waals surface area (Å²) in [5, 5.41) is 0. The van der Waals surface area contributed by atoms with Crippen molar-refractivity contribution < 1.29 is 0 Å². The Morgan fingerprint density at radius 3 is 1.31 bits per heavy atom. The summed E-state index contributed by atoms with van der Waals surface area (Å²) in [6, 6.07) is 60.1. The molecule has 0 N–H and O–H groups in total. The first-order valence-electron chi connectivity index (χ1n) is 16.5. The minimum absolute atomic E-state index is 0.891. The summed E-state index contributed by atoms with van der Waals surface area (Å²) in [6.07, 6.45) is 4.46. The summed E-state index contributed by atoms with van der Waals surface area (Å²) < 4.78 is 0. The molecule has 1 aromatic heterocycles. The second kappa shape index (κ2) is 12.5. The molecule has 0 spiro atoms. The van der Waals surface area contributed by atoms with Crippen molar-refractivity contribution in [2.45, 2.75) is 9.79 Å². The molecule has 2 nitrogen and oxygen atoms in total. The first-order valence-corrected chi connectivity index (χ1v) is 17.3. The van der Waals surface area contributed by atoms with Crippen LogP contribution in [0, 0.1) is 0 Å². The van der Waals surface area contributed by atoms with Crippen molar-refractivity contribution in [2.24, 2.45) is 0 Å². The van der Waals surface area contributed by atoms with Crippen LogP contribution < -0.4 is 0 Å². The first kappa shape index (κ1) is 29.1. The van der Waals surface area contributed by atoms with Gasteiger partial charge in [-0.1, -0.05) is 163 Å². The van der Waals surface area contributed by atoms with Crippen LogP contribution in [0.25, 0.3) is 79.1 Å². The van der Waals surface area contributed by atoms with Gasteiger partial charge >= 0.3 is 0 Å². The van der Waals surface area contributed by atoms with Crippen LogP contribution >= 0.6 is 11.8 Å². The number of hydrogen-bond acceptors (Lipinski definition) is 3. The number of hydrogen-bond donors (Lipinski definition) is 0. The molecule has 0 unspecified atom stereocenters. The molecule has 230 valence electrons. The number of benzene rings is 7. The second-order valence-corrected chi connectivity index (χ2v) is 13.3. The third-order valence-electron chi connectivity index (χ3n) is 9.14. The van der Waals surface area contributed by atoms with Crippen LogP contribution in [0.4, 0.5) is 0 Å². The maximum Gasteiger partial charge on any atom is 0.0973 e. The summed E-state index contributed by atoms with van der Waals surface area (Å²) in [4.78, 5) is 12.7. The fourth-order valence-corrected chi connectivity index (χ4v) is 7.51. The van der Waals surface area contributed by atoms with E-state index >= 15 is 0 Å². The number of aromatic nitrogens is 2. The van der Waals surface area contributed by atoms with E-state index in [1.165, 1.54) is 54.3 Å². The van der Waals surface area contributed by atoms with Gasteiger partial charge in [0.15, 0.2) is 0 Å². The molecule has 0 atom stereocenters. The van der Waals surface area contributed by atoms with E-state index in [9.17, 15) is 0 Å². The molecule has 3 heteroatoms. The average Bonchev–Trinajstić information content (AvgIpc) is 3.37. The van der Waals surface area contributed by atoms with Crippen LogP contribution in [-0.4, -0.2) is 9.97 Å². The van der Waals surface area contributed by atoms with E-state index in [4.69, 9.17) is 9.97 Å². The molecule has 7 aromatic carbocycles. The van der Waals surface area contributed by atoms with Crippen molar-refractivity contribution in [3.8, 4) is 55.9 Å². The zero-order chi connectivity index (χ0) is 32.6. The van der Waals surface area contributed by atoms with Gasteiger partial charge in [-0.15, -0.1) is 0 Å². The highest BCUT2D eigenvalue weighted by atomic mass is 32.2. The lowest BCUT2D eigenvalue weighted by molar-refractivity contribution is 1.29. The van der Waals surface area contributed by atoms with Gasteiger partial charge in [-0.3, -0.25) is 0 Å². The van der Waals surface area contributed by atoms with Gasteiger partial charge < -0.3 is 0 Å².